The van der Waals surface area contributed by atoms with Crippen LogP contribution in [0.4, 0.5) is 0 Å². The molecule has 9 nitrogen and oxygen atoms in total. The van der Waals surface area contributed by atoms with Crippen LogP contribution in [0.15, 0.2) is 103 Å². The number of nitrogens with one attached hydrogen (secondary N) is 2. The predicted octanol–water partition coefficient (Wildman–Crippen LogP) is 4.25. The highest BCUT2D eigenvalue weighted by Gasteiger charge is 2.19. The van der Waals surface area contributed by atoms with Crippen molar-refractivity contribution in [3.05, 3.63) is 131 Å². The first-order chi connectivity index (χ1) is 20.4. The van der Waals surface area contributed by atoms with Crippen LogP contribution >= 0.6 is 0 Å². The highest BCUT2D eigenvalue weighted by Crippen LogP contribution is 2.25. The van der Waals surface area contributed by atoms with Crippen molar-refractivity contribution in [3.63, 3.8) is 0 Å². The van der Waals surface area contributed by atoms with Gasteiger partial charge < -0.3 is 10.4 Å². The number of hydrogen-bond donors (Lipinski definition) is 4. The first-order valence-corrected chi connectivity index (χ1v) is 13.0. The molecular weight excluding hydrogens is 530 g/mol. The number of hydrazine groups is 1. The summed E-state index contributed by atoms with van der Waals surface area (Å²) in [4.78, 5) is 45.2. The summed E-state index contributed by atoms with van der Waals surface area (Å²) in [6, 6.07) is 26.0. The molecule has 0 radical (unpaired) electrons. The Hall–Kier alpha value is -5.85. The Morgan fingerprint density at radius 2 is 1.52 bits per heavy atom. The van der Waals surface area contributed by atoms with Gasteiger partial charge in [0.2, 0.25) is 0 Å². The lowest BCUT2D eigenvalue weighted by Crippen LogP contribution is -2.30. The fraction of sp³-hybridized carbons (Fsp3) is 0.0606. The van der Waals surface area contributed by atoms with Gasteiger partial charge in [0, 0.05) is 40.0 Å². The van der Waals surface area contributed by atoms with Crippen molar-refractivity contribution in [3.8, 4) is 23.1 Å². The summed E-state index contributed by atoms with van der Waals surface area (Å²) in [6.45, 7) is 0. The van der Waals surface area contributed by atoms with Crippen molar-refractivity contribution in [2.24, 2.45) is 5.84 Å². The number of nitrogen functional groups attached to an aromatic ring is 1. The number of carboxylic acid groups (broad SMARTS) is 1. The highest BCUT2D eigenvalue weighted by atomic mass is 16.4. The van der Waals surface area contributed by atoms with Crippen molar-refractivity contribution < 1.29 is 19.5 Å². The monoisotopic (exact) mass is 555 g/mol. The minimum atomic E-state index is -1.00. The molecular formula is C33H25N5O4. The zero-order chi connectivity index (χ0) is 29.5. The number of aliphatic carboxylic acids is 1. The van der Waals surface area contributed by atoms with Crippen molar-refractivity contribution >= 4 is 28.7 Å². The number of nitrogens with two attached hydrogens (primary N) is 1. The van der Waals surface area contributed by atoms with Crippen LogP contribution in [0.5, 0.6) is 0 Å². The molecule has 3 aromatic carbocycles. The number of carbonyl (C=O) groups excluding carboxylic acids is 2. The van der Waals surface area contributed by atoms with E-state index in [1.54, 1.807) is 73.1 Å². The molecule has 0 fully saturated rings. The second-order valence-corrected chi connectivity index (χ2v) is 9.36. The maximum atomic E-state index is 12.8. The standard InChI is InChI=1S/C33H25N5O4/c34-38-33(42)26-18-29(36-28-16-17-35-20-27(26)28)24-12-8-21(9-13-24)6-7-22-10-14-25(15-11-22)32(41)37-30(19-31(39)40)23-4-2-1-3-5-23/h1-5,8-18,20,30H,19,34H2,(H,37,41)(H,38,42)(H,39,40). The van der Waals surface area contributed by atoms with Gasteiger partial charge in [-0.1, -0.05) is 54.3 Å². The van der Waals surface area contributed by atoms with Crippen LogP contribution in [0.2, 0.25) is 0 Å². The van der Waals surface area contributed by atoms with Gasteiger partial charge in [-0.05, 0) is 54.1 Å². The molecule has 206 valence electrons. The van der Waals surface area contributed by atoms with E-state index >= 15 is 0 Å². The summed E-state index contributed by atoms with van der Waals surface area (Å²) < 4.78 is 0. The smallest absolute Gasteiger partial charge is 0.305 e. The lowest BCUT2D eigenvalue weighted by molar-refractivity contribution is -0.137. The second-order valence-electron chi connectivity index (χ2n) is 9.36. The molecule has 2 amide bonds. The molecule has 0 saturated heterocycles. The van der Waals surface area contributed by atoms with E-state index in [1.165, 1.54) is 0 Å². The van der Waals surface area contributed by atoms with E-state index in [0.717, 1.165) is 16.7 Å². The number of pyridine rings is 2. The van der Waals surface area contributed by atoms with E-state index in [1.807, 2.05) is 30.3 Å². The van der Waals surface area contributed by atoms with Gasteiger partial charge in [-0.15, -0.1) is 0 Å². The van der Waals surface area contributed by atoms with Crippen molar-refractivity contribution in [2.45, 2.75) is 12.5 Å². The second kappa shape index (κ2) is 12.6. The van der Waals surface area contributed by atoms with E-state index < -0.39 is 17.9 Å². The fourth-order valence-electron chi connectivity index (χ4n) is 4.41. The van der Waals surface area contributed by atoms with Gasteiger partial charge >= 0.3 is 5.97 Å². The van der Waals surface area contributed by atoms with E-state index in [4.69, 9.17) is 5.84 Å². The molecule has 42 heavy (non-hydrogen) atoms. The zero-order valence-electron chi connectivity index (χ0n) is 22.2. The zero-order valence-corrected chi connectivity index (χ0v) is 22.2. The van der Waals surface area contributed by atoms with Crippen molar-refractivity contribution in [2.75, 3.05) is 0 Å². The lowest BCUT2D eigenvalue weighted by atomic mass is 10.0. The molecule has 2 heterocycles. The molecule has 0 aliphatic rings. The Bertz CT molecular complexity index is 1830. The Labute approximate surface area is 241 Å². The Balaban J connectivity index is 1.29. The molecule has 0 aliphatic heterocycles. The van der Waals surface area contributed by atoms with Crippen LogP contribution in [-0.4, -0.2) is 32.9 Å². The van der Waals surface area contributed by atoms with Crippen LogP contribution in [0.1, 0.15) is 49.9 Å². The number of amides is 2. The average molecular weight is 556 g/mol. The molecule has 9 heteroatoms. The maximum absolute atomic E-state index is 12.8. The number of benzene rings is 3. The van der Waals surface area contributed by atoms with Gasteiger partial charge in [-0.25, -0.2) is 10.8 Å². The number of nitrogens with zero attached hydrogens (tertiary/aromatic N) is 2. The number of hydrogen-bond acceptors (Lipinski definition) is 6. The Morgan fingerprint density at radius 1 is 0.857 bits per heavy atom. The molecule has 0 aliphatic carbocycles. The lowest BCUT2D eigenvalue weighted by Gasteiger charge is -2.17. The highest BCUT2D eigenvalue weighted by molar-refractivity contribution is 6.06. The molecule has 0 spiro atoms. The van der Waals surface area contributed by atoms with Gasteiger partial charge in [-0.3, -0.25) is 24.8 Å². The molecule has 5 aromatic rings. The molecule has 1 unspecified atom stereocenters. The van der Waals surface area contributed by atoms with Gasteiger partial charge in [0.25, 0.3) is 11.8 Å². The SMILES string of the molecule is NNC(=O)c1cc(-c2ccc(C#Cc3ccc(C(=O)NC(CC(=O)O)c4ccccc4)cc3)cc2)nc2ccncc12. The van der Waals surface area contributed by atoms with E-state index in [0.29, 0.717) is 33.3 Å². The van der Waals surface area contributed by atoms with Gasteiger partial charge in [0.1, 0.15) is 0 Å². The van der Waals surface area contributed by atoms with Crippen LogP contribution in [0, 0.1) is 11.8 Å². The van der Waals surface area contributed by atoms with Crippen LogP contribution in [0.25, 0.3) is 22.2 Å². The van der Waals surface area contributed by atoms with Gasteiger partial charge in [0.05, 0.1) is 29.2 Å². The summed E-state index contributed by atoms with van der Waals surface area (Å²) in [6.07, 6.45) is 2.97. The molecule has 0 bridgehead atoms. The molecule has 5 N–H and O–H groups in total. The third-order valence-electron chi connectivity index (χ3n) is 6.55. The molecule has 0 saturated carbocycles. The van der Waals surface area contributed by atoms with Crippen LogP contribution in [0.3, 0.4) is 0 Å². The summed E-state index contributed by atoms with van der Waals surface area (Å²) in [7, 11) is 0. The number of carbonyl (C=O) groups is 3. The number of fused-ring (bicyclic) bond motifs is 1. The Morgan fingerprint density at radius 3 is 2.17 bits per heavy atom. The topological polar surface area (TPSA) is 147 Å². The first kappa shape index (κ1) is 27.7. The van der Waals surface area contributed by atoms with E-state index in [9.17, 15) is 19.5 Å². The average Bonchev–Trinajstić information content (AvgIpc) is 3.03. The van der Waals surface area contributed by atoms with Crippen molar-refractivity contribution in [1.82, 2.24) is 20.7 Å². The summed E-state index contributed by atoms with van der Waals surface area (Å²) in [5, 5.41) is 12.7. The van der Waals surface area contributed by atoms with Crippen molar-refractivity contribution in [1.29, 1.82) is 0 Å². The third kappa shape index (κ3) is 6.47. The number of aromatic nitrogens is 2. The molecule has 5 rings (SSSR count). The molecule has 1 atom stereocenters. The third-order valence-corrected chi connectivity index (χ3v) is 6.55. The maximum Gasteiger partial charge on any atom is 0.305 e. The van der Waals surface area contributed by atoms with Crippen LogP contribution in [-0.2, 0) is 4.79 Å². The number of carboxylic acids is 1. The first-order valence-electron chi connectivity index (χ1n) is 13.0. The predicted molar refractivity (Wildman–Crippen MR) is 158 cm³/mol. The van der Waals surface area contributed by atoms with Gasteiger partial charge in [0.15, 0.2) is 0 Å². The largest absolute Gasteiger partial charge is 0.481 e. The quantitative estimate of drug-likeness (QED) is 0.102. The fourth-order valence-corrected chi connectivity index (χ4v) is 4.41. The van der Waals surface area contributed by atoms with E-state index in [2.05, 4.69) is 32.6 Å². The Kier molecular flexibility index (Phi) is 8.28. The van der Waals surface area contributed by atoms with Crippen LogP contribution < -0.4 is 16.6 Å². The minimum Gasteiger partial charge on any atom is -0.481 e. The molecule has 2 aromatic heterocycles. The normalized spacial score (nSPS) is 11.2. The summed E-state index contributed by atoms with van der Waals surface area (Å²) in [5.74, 6) is 9.76. The number of rotatable bonds is 7. The summed E-state index contributed by atoms with van der Waals surface area (Å²) in [5.41, 5.74) is 7.18. The van der Waals surface area contributed by atoms with Gasteiger partial charge in [-0.2, -0.15) is 0 Å². The van der Waals surface area contributed by atoms with E-state index in [-0.39, 0.29) is 12.3 Å². The minimum absolute atomic E-state index is 0.225. The summed E-state index contributed by atoms with van der Waals surface area (Å²) >= 11 is 0.